The summed E-state index contributed by atoms with van der Waals surface area (Å²) >= 11 is 0. The summed E-state index contributed by atoms with van der Waals surface area (Å²) in [4.78, 5) is 11.6. The van der Waals surface area contributed by atoms with Crippen LogP contribution >= 0.6 is 0 Å². The highest BCUT2D eigenvalue weighted by Crippen LogP contribution is 2.28. The molecule has 1 saturated heterocycles. The maximum absolute atomic E-state index is 4.63. The number of rotatable bonds is 5. The van der Waals surface area contributed by atoms with Crippen LogP contribution in [-0.4, -0.2) is 35.6 Å². The van der Waals surface area contributed by atoms with Gasteiger partial charge in [-0.15, -0.1) is 0 Å². The number of hydrogen-bond acceptors (Lipinski definition) is 4. The molecule has 2 heterocycles. The zero-order valence-corrected chi connectivity index (χ0v) is 12.7. The van der Waals surface area contributed by atoms with Crippen LogP contribution in [0.1, 0.15) is 44.4 Å². The average molecular weight is 274 g/mol. The Morgan fingerprint density at radius 3 is 2.95 bits per heavy atom. The molecule has 3 rings (SSSR count). The number of aromatic nitrogens is 2. The predicted molar refractivity (Wildman–Crippen MR) is 82.1 cm³/mol. The van der Waals surface area contributed by atoms with E-state index in [4.69, 9.17) is 0 Å². The Balaban J connectivity index is 1.82. The quantitative estimate of drug-likeness (QED) is 0.893. The fourth-order valence-electron chi connectivity index (χ4n) is 3.48. The molecule has 2 aliphatic rings. The molecule has 1 N–H and O–H groups in total. The van der Waals surface area contributed by atoms with Crippen molar-refractivity contribution in [3.05, 3.63) is 17.6 Å². The molecule has 0 saturated carbocycles. The van der Waals surface area contributed by atoms with Crippen LogP contribution < -0.4 is 10.2 Å². The van der Waals surface area contributed by atoms with Crippen LogP contribution in [0.2, 0.25) is 0 Å². The molecule has 1 atom stereocenters. The van der Waals surface area contributed by atoms with E-state index in [2.05, 4.69) is 34.0 Å². The van der Waals surface area contributed by atoms with Gasteiger partial charge >= 0.3 is 0 Å². The van der Waals surface area contributed by atoms with Gasteiger partial charge in [0.1, 0.15) is 12.1 Å². The zero-order chi connectivity index (χ0) is 13.9. The highest BCUT2D eigenvalue weighted by Gasteiger charge is 2.24. The van der Waals surface area contributed by atoms with Crippen LogP contribution in [0.15, 0.2) is 6.33 Å². The molecule has 0 radical (unpaired) electrons. The van der Waals surface area contributed by atoms with Gasteiger partial charge in [0.2, 0.25) is 0 Å². The first-order valence-electron chi connectivity index (χ1n) is 8.05. The molecule has 1 aromatic rings. The van der Waals surface area contributed by atoms with Gasteiger partial charge in [0.15, 0.2) is 0 Å². The second-order valence-corrected chi connectivity index (χ2v) is 6.57. The Labute approximate surface area is 122 Å². The van der Waals surface area contributed by atoms with Crippen molar-refractivity contribution in [2.45, 2.75) is 52.0 Å². The first kappa shape index (κ1) is 13.8. The minimum Gasteiger partial charge on any atom is -0.354 e. The molecular weight excluding hydrogens is 248 g/mol. The molecule has 0 bridgehead atoms. The van der Waals surface area contributed by atoms with E-state index in [9.17, 15) is 0 Å². The van der Waals surface area contributed by atoms with E-state index in [1.807, 2.05) is 0 Å². The van der Waals surface area contributed by atoms with E-state index in [0.717, 1.165) is 25.9 Å². The van der Waals surface area contributed by atoms with Gasteiger partial charge in [0, 0.05) is 30.4 Å². The average Bonchev–Trinajstić information content (AvgIpc) is 3.07. The molecule has 1 aliphatic carbocycles. The number of hydrogen-bond donors (Lipinski definition) is 1. The highest BCUT2D eigenvalue weighted by molar-refractivity contribution is 5.50. The highest BCUT2D eigenvalue weighted by atomic mass is 15.2. The molecule has 0 spiro atoms. The summed E-state index contributed by atoms with van der Waals surface area (Å²) in [6.07, 6.45) is 7.87. The molecule has 20 heavy (non-hydrogen) atoms. The van der Waals surface area contributed by atoms with E-state index in [-0.39, 0.29) is 0 Å². The summed E-state index contributed by atoms with van der Waals surface area (Å²) in [6.45, 7) is 7.91. The fourth-order valence-corrected chi connectivity index (χ4v) is 3.48. The molecule has 1 aliphatic heterocycles. The second kappa shape index (κ2) is 6.08. The lowest BCUT2D eigenvalue weighted by Gasteiger charge is -2.30. The number of nitrogens with one attached hydrogen (secondary N) is 1. The van der Waals surface area contributed by atoms with Crippen molar-refractivity contribution >= 4 is 5.82 Å². The monoisotopic (exact) mass is 274 g/mol. The van der Waals surface area contributed by atoms with Gasteiger partial charge in [-0.1, -0.05) is 13.8 Å². The van der Waals surface area contributed by atoms with Gasteiger partial charge in [-0.05, 0) is 44.6 Å². The van der Waals surface area contributed by atoms with Gasteiger partial charge < -0.3 is 10.2 Å². The lowest BCUT2D eigenvalue weighted by molar-refractivity contribution is 0.536. The van der Waals surface area contributed by atoms with Crippen molar-refractivity contribution in [3.8, 4) is 0 Å². The predicted octanol–water partition coefficient (Wildman–Crippen LogP) is 2.18. The Bertz CT molecular complexity index is 452. The summed E-state index contributed by atoms with van der Waals surface area (Å²) in [7, 11) is 0. The molecule has 0 amide bonds. The molecule has 0 aromatic carbocycles. The standard InChI is InChI=1S/C16H26N4/c1-12(2)9-20(10-13-5-4-8-17-13)16-14-6-3-7-15(14)18-11-19-16/h11-13,17H,3-10H2,1-2H3. The lowest BCUT2D eigenvalue weighted by atomic mass is 10.1. The smallest absolute Gasteiger partial charge is 0.135 e. The number of nitrogens with zero attached hydrogens (tertiary/aromatic N) is 3. The molecule has 110 valence electrons. The third-order valence-electron chi connectivity index (χ3n) is 4.34. The van der Waals surface area contributed by atoms with Crippen LogP contribution in [0.4, 0.5) is 5.82 Å². The number of anilines is 1. The molecule has 1 aromatic heterocycles. The molecular formula is C16H26N4. The third kappa shape index (κ3) is 2.95. The number of fused-ring (bicyclic) bond motifs is 1. The van der Waals surface area contributed by atoms with Crippen molar-refractivity contribution in [2.24, 2.45) is 5.92 Å². The van der Waals surface area contributed by atoms with Crippen LogP contribution in [-0.2, 0) is 12.8 Å². The van der Waals surface area contributed by atoms with Crippen LogP contribution in [0.5, 0.6) is 0 Å². The van der Waals surface area contributed by atoms with Crippen molar-refractivity contribution in [1.29, 1.82) is 0 Å². The SMILES string of the molecule is CC(C)CN(CC1CCCN1)c1ncnc2c1CCC2. The van der Waals surface area contributed by atoms with Gasteiger partial charge in [-0.2, -0.15) is 0 Å². The normalized spacial score (nSPS) is 21.4. The largest absolute Gasteiger partial charge is 0.354 e. The first-order valence-corrected chi connectivity index (χ1v) is 8.05. The Hall–Kier alpha value is -1.16. The van der Waals surface area contributed by atoms with Crippen molar-refractivity contribution in [3.63, 3.8) is 0 Å². The van der Waals surface area contributed by atoms with E-state index in [1.165, 1.54) is 42.9 Å². The maximum atomic E-state index is 4.63. The topological polar surface area (TPSA) is 41.0 Å². The third-order valence-corrected chi connectivity index (χ3v) is 4.34. The van der Waals surface area contributed by atoms with E-state index < -0.39 is 0 Å². The Morgan fingerprint density at radius 2 is 2.20 bits per heavy atom. The maximum Gasteiger partial charge on any atom is 0.135 e. The van der Waals surface area contributed by atoms with E-state index in [0.29, 0.717) is 12.0 Å². The van der Waals surface area contributed by atoms with E-state index in [1.54, 1.807) is 6.33 Å². The summed E-state index contributed by atoms with van der Waals surface area (Å²) in [5.74, 6) is 1.86. The van der Waals surface area contributed by atoms with Crippen LogP contribution in [0, 0.1) is 5.92 Å². The minimum atomic E-state index is 0.626. The van der Waals surface area contributed by atoms with E-state index >= 15 is 0 Å². The van der Waals surface area contributed by atoms with Gasteiger partial charge in [0.25, 0.3) is 0 Å². The number of aryl methyl sites for hydroxylation is 1. The molecule has 4 nitrogen and oxygen atoms in total. The van der Waals surface area contributed by atoms with Crippen LogP contribution in [0.25, 0.3) is 0 Å². The Morgan fingerprint density at radius 1 is 1.30 bits per heavy atom. The lowest BCUT2D eigenvalue weighted by Crippen LogP contribution is -2.40. The van der Waals surface area contributed by atoms with Gasteiger partial charge in [0.05, 0.1) is 0 Å². The summed E-state index contributed by atoms with van der Waals surface area (Å²) in [6, 6.07) is 0.626. The molecule has 4 heteroatoms. The molecule has 1 fully saturated rings. The summed E-state index contributed by atoms with van der Waals surface area (Å²) in [5, 5.41) is 3.61. The summed E-state index contributed by atoms with van der Waals surface area (Å²) in [5.41, 5.74) is 2.69. The minimum absolute atomic E-state index is 0.626. The van der Waals surface area contributed by atoms with Crippen molar-refractivity contribution in [2.75, 3.05) is 24.5 Å². The fraction of sp³-hybridized carbons (Fsp3) is 0.750. The van der Waals surface area contributed by atoms with Gasteiger partial charge in [-0.3, -0.25) is 0 Å². The van der Waals surface area contributed by atoms with Crippen molar-refractivity contribution < 1.29 is 0 Å². The van der Waals surface area contributed by atoms with Crippen LogP contribution in [0.3, 0.4) is 0 Å². The van der Waals surface area contributed by atoms with Gasteiger partial charge in [-0.25, -0.2) is 9.97 Å². The summed E-state index contributed by atoms with van der Waals surface area (Å²) < 4.78 is 0. The first-order chi connectivity index (χ1) is 9.74. The Kier molecular flexibility index (Phi) is 4.20. The van der Waals surface area contributed by atoms with Crippen molar-refractivity contribution in [1.82, 2.24) is 15.3 Å². The zero-order valence-electron chi connectivity index (χ0n) is 12.7. The second-order valence-electron chi connectivity index (χ2n) is 6.57. The molecule has 1 unspecified atom stereocenters.